The monoisotopic (exact) mass is 444 g/mol. The predicted octanol–water partition coefficient (Wildman–Crippen LogP) is 3.46. The summed E-state index contributed by atoms with van der Waals surface area (Å²) in [6.45, 7) is 7.03. The Kier molecular flexibility index (Phi) is 7.48. The Morgan fingerprint density at radius 3 is 2.58 bits per heavy atom. The van der Waals surface area contributed by atoms with Gasteiger partial charge in [-0.2, -0.15) is 4.31 Å². The lowest BCUT2D eigenvalue weighted by Gasteiger charge is -2.26. The molecule has 0 spiro atoms. The van der Waals surface area contributed by atoms with Crippen LogP contribution in [0.25, 0.3) is 6.08 Å². The minimum absolute atomic E-state index is 0.100. The maximum Gasteiger partial charge on any atom is 0.248 e. The fraction of sp³-hybridized carbons (Fsp3) is 0.348. The van der Waals surface area contributed by atoms with Crippen LogP contribution in [-0.2, 0) is 19.6 Å². The van der Waals surface area contributed by atoms with Crippen LogP contribution >= 0.6 is 0 Å². The molecule has 31 heavy (non-hydrogen) atoms. The van der Waals surface area contributed by atoms with Gasteiger partial charge in [-0.3, -0.25) is 4.79 Å². The van der Waals surface area contributed by atoms with Crippen molar-refractivity contribution in [3.8, 4) is 5.75 Å². The van der Waals surface area contributed by atoms with Gasteiger partial charge in [-0.05, 0) is 50.6 Å². The zero-order valence-electron chi connectivity index (χ0n) is 18.0. The van der Waals surface area contributed by atoms with E-state index in [1.807, 2.05) is 45.0 Å². The van der Waals surface area contributed by atoms with Crippen LogP contribution < -0.4 is 10.1 Å². The lowest BCUT2D eigenvalue weighted by molar-refractivity contribution is -0.111. The van der Waals surface area contributed by atoms with Crippen molar-refractivity contribution in [1.82, 2.24) is 4.31 Å². The lowest BCUT2D eigenvalue weighted by atomic mass is 10.1. The Labute approximate surface area is 183 Å². The van der Waals surface area contributed by atoms with Gasteiger partial charge in [-0.25, -0.2) is 8.42 Å². The summed E-state index contributed by atoms with van der Waals surface area (Å²) >= 11 is 0. The van der Waals surface area contributed by atoms with E-state index in [0.717, 1.165) is 11.1 Å². The first kappa shape index (κ1) is 23.0. The highest BCUT2D eigenvalue weighted by atomic mass is 32.2. The van der Waals surface area contributed by atoms with Crippen LogP contribution in [-0.4, -0.2) is 51.0 Å². The minimum Gasteiger partial charge on any atom is -0.489 e. The summed E-state index contributed by atoms with van der Waals surface area (Å²) in [5.41, 5.74) is 2.30. The van der Waals surface area contributed by atoms with Crippen molar-refractivity contribution >= 4 is 27.7 Å². The summed E-state index contributed by atoms with van der Waals surface area (Å²) < 4.78 is 38.4. The number of nitrogens with zero attached hydrogens (tertiary/aromatic N) is 1. The fourth-order valence-corrected chi connectivity index (χ4v) is 4.61. The molecule has 2 aromatic rings. The maximum absolute atomic E-state index is 13.0. The number of aryl methyl sites for hydroxylation is 1. The summed E-state index contributed by atoms with van der Waals surface area (Å²) in [4.78, 5) is 12.6. The number of anilines is 1. The molecule has 0 atom stereocenters. The minimum atomic E-state index is -3.70. The largest absolute Gasteiger partial charge is 0.489 e. The molecule has 0 aromatic heterocycles. The van der Waals surface area contributed by atoms with Gasteiger partial charge >= 0.3 is 0 Å². The molecule has 0 bridgehead atoms. The number of ether oxygens (including phenoxy) is 2. The molecule has 0 saturated carbocycles. The SMILES string of the molecule is Cc1cccc(C=CC(=O)Nc2cc(S(=O)(=O)N3CCOCC3)ccc2OC(C)C)c1. The summed E-state index contributed by atoms with van der Waals surface area (Å²) in [6.07, 6.45) is 2.98. The number of morpholine rings is 1. The summed E-state index contributed by atoms with van der Waals surface area (Å²) in [5, 5.41) is 2.76. The van der Waals surface area contributed by atoms with Crippen molar-refractivity contribution in [2.45, 2.75) is 31.8 Å². The lowest BCUT2D eigenvalue weighted by Crippen LogP contribution is -2.40. The first-order chi connectivity index (χ1) is 14.8. The van der Waals surface area contributed by atoms with E-state index in [1.54, 1.807) is 12.1 Å². The predicted molar refractivity (Wildman–Crippen MR) is 121 cm³/mol. The molecular weight excluding hydrogens is 416 g/mol. The van der Waals surface area contributed by atoms with Crippen LogP contribution in [0.2, 0.25) is 0 Å². The van der Waals surface area contributed by atoms with Crippen molar-refractivity contribution in [2.75, 3.05) is 31.6 Å². The molecule has 1 fully saturated rings. The number of carbonyl (C=O) groups is 1. The first-order valence-electron chi connectivity index (χ1n) is 10.2. The van der Waals surface area contributed by atoms with E-state index in [2.05, 4.69) is 5.32 Å². The summed E-state index contributed by atoms with van der Waals surface area (Å²) in [5.74, 6) is 0.0317. The summed E-state index contributed by atoms with van der Waals surface area (Å²) in [6, 6.07) is 12.3. The highest BCUT2D eigenvalue weighted by molar-refractivity contribution is 7.89. The van der Waals surface area contributed by atoms with Crippen molar-refractivity contribution in [1.29, 1.82) is 0 Å². The van der Waals surface area contributed by atoms with Gasteiger partial charge in [-0.15, -0.1) is 0 Å². The van der Waals surface area contributed by atoms with E-state index < -0.39 is 10.0 Å². The molecule has 1 aliphatic rings. The van der Waals surface area contributed by atoms with Crippen LogP contribution in [0.1, 0.15) is 25.0 Å². The molecule has 1 N–H and O–H groups in total. The van der Waals surface area contributed by atoms with E-state index in [9.17, 15) is 13.2 Å². The standard InChI is InChI=1S/C23H28N2O5S/c1-17(2)30-22-9-8-20(31(27,28)25-11-13-29-14-12-25)16-21(22)24-23(26)10-7-19-6-4-5-18(3)15-19/h4-10,15-17H,11-14H2,1-3H3,(H,24,26). The molecule has 8 heteroatoms. The van der Waals surface area contributed by atoms with Gasteiger partial charge in [0.25, 0.3) is 0 Å². The molecule has 1 saturated heterocycles. The molecule has 1 aliphatic heterocycles. The van der Waals surface area contributed by atoms with Crippen molar-refractivity contribution in [3.05, 3.63) is 59.7 Å². The molecule has 1 heterocycles. The van der Waals surface area contributed by atoms with Crippen LogP contribution in [0.15, 0.2) is 53.4 Å². The number of hydrogen-bond donors (Lipinski definition) is 1. The van der Waals surface area contributed by atoms with Gasteiger partial charge in [0, 0.05) is 19.2 Å². The first-order valence-corrected chi connectivity index (χ1v) is 11.6. The highest BCUT2D eigenvalue weighted by Gasteiger charge is 2.27. The average molecular weight is 445 g/mol. The quantitative estimate of drug-likeness (QED) is 0.661. The van der Waals surface area contributed by atoms with E-state index >= 15 is 0 Å². The second-order valence-electron chi connectivity index (χ2n) is 7.58. The molecule has 166 valence electrons. The molecular formula is C23H28N2O5S. The topological polar surface area (TPSA) is 84.9 Å². The Morgan fingerprint density at radius 1 is 1.16 bits per heavy atom. The number of hydrogen-bond acceptors (Lipinski definition) is 5. The van der Waals surface area contributed by atoms with Crippen LogP contribution in [0.3, 0.4) is 0 Å². The van der Waals surface area contributed by atoms with E-state index in [0.29, 0.717) is 37.7 Å². The van der Waals surface area contributed by atoms with E-state index in [1.165, 1.54) is 22.5 Å². The van der Waals surface area contributed by atoms with Crippen LogP contribution in [0, 0.1) is 6.92 Å². The number of amides is 1. The number of nitrogens with one attached hydrogen (secondary N) is 1. The van der Waals surface area contributed by atoms with E-state index in [-0.39, 0.29) is 16.9 Å². The molecule has 0 unspecified atom stereocenters. The normalized spacial score (nSPS) is 15.4. The third-order valence-corrected chi connectivity index (χ3v) is 6.54. The van der Waals surface area contributed by atoms with Crippen molar-refractivity contribution in [3.63, 3.8) is 0 Å². The Hall–Kier alpha value is -2.68. The molecule has 2 aromatic carbocycles. The molecule has 7 nitrogen and oxygen atoms in total. The van der Waals surface area contributed by atoms with Crippen LogP contribution in [0.5, 0.6) is 5.75 Å². The Bertz CT molecular complexity index is 1060. The molecule has 0 aliphatic carbocycles. The number of carbonyl (C=O) groups excluding carboxylic acids is 1. The smallest absolute Gasteiger partial charge is 0.248 e. The highest BCUT2D eigenvalue weighted by Crippen LogP contribution is 2.30. The molecule has 3 rings (SSSR count). The van der Waals surface area contributed by atoms with Crippen molar-refractivity contribution < 1.29 is 22.7 Å². The number of rotatable bonds is 7. The molecule has 1 amide bonds. The maximum atomic E-state index is 13.0. The van der Waals surface area contributed by atoms with Gasteiger partial charge in [0.05, 0.1) is 29.9 Å². The van der Waals surface area contributed by atoms with E-state index in [4.69, 9.17) is 9.47 Å². The second kappa shape index (κ2) is 10.1. The molecule has 0 radical (unpaired) electrons. The third kappa shape index (κ3) is 6.16. The van der Waals surface area contributed by atoms with Crippen molar-refractivity contribution in [2.24, 2.45) is 0 Å². The van der Waals surface area contributed by atoms with Gasteiger partial charge in [0.1, 0.15) is 5.75 Å². The van der Waals surface area contributed by atoms with Gasteiger partial charge < -0.3 is 14.8 Å². The summed E-state index contributed by atoms with van der Waals surface area (Å²) in [7, 11) is -3.70. The second-order valence-corrected chi connectivity index (χ2v) is 9.52. The third-order valence-electron chi connectivity index (χ3n) is 4.65. The van der Waals surface area contributed by atoms with Crippen LogP contribution in [0.4, 0.5) is 5.69 Å². The van der Waals surface area contributed by atoms with Gasteiger partial charge in [0.2, 0.25) is 15.9 Å². The Morgan fingerprint density at radius 2 is 1.90 bits per heavy atom. The van der Waals surface area contributed by atoms with Gasteiger partial charge in [0.15, 0.2) is 0 Å². The fourth-order valence-electron chi connectivity index (χ4n) is 3.18. The Balaban J connectivity index is 1.85. The zero-order valence-corrected chi connectivity index (χ0v) is 18.8. The zero-order chi connectivity index (χ0) is 22.4. The number of benzene rings is 2. The number of sulfonamides is 1. The average Bonchev–Trinajstić information content (AvgIpc) is 2.74. The van der Waals surface area contributed by atoms with Gasteiger partial charge in [-0.1, -0.05) is 29.8 Å².